The second-order valence-corrected chi connectivity index (χ2v) is 7.71. The van der Waals surface area contributed by atoms with Gasteiger partial charge in [-0.05, 0) is 42.7 Å². The molecule has 0 spiro atoms. The van der Waals surface area contributed by atoms with Crippen LogP contribution in [0.1, 0.15) is 28.8 Å². The molecule has 0 radical (unpaired) electrons. The lowest BCUT2D eigenvalue weighted by Gasteiger charge is -2.32. The fraction of sp³-hybridized carbons (Fsp3) is 0.458. The highest BCUT2D eigenvalue weighted by atomic mass is 16.5. The molecule has 2 aromatic carbocycles. The number of phenols is 1. The Balaban J connectivity index is 1.59. The number of rotatable bonds is 10. The van der Waals surface area contributed by atoms with Gasteiger partial charge in [0.2, 0.25) is 0 Å². The predicted molar refractivity (Wildman–Crippen MR) is 121 cm³/mol. The molecule has 2 aromatic rings. The van der Waals surface area contributed by atoms with E-state index in [4.69, 9.17) is 18.9 Å². The number of piperidine rings is 1. The van der Waals surface area contributed by atoms with Gasteiger partial charge < -0.3 is 29.4 Å². The molecule has 0 aromatic heterocycles. The first-order valence-electron chi connectivity index (χ1n) is 10.7. The Kier molecular flexibility index (Phi) is 8.58. The number of carbonyl (C=O) groups excluding carboxylic acids is 1. The molecular weight excluding hydrogens is 412 g/mol. The quantitative estimate of drug-likeness (QED) is 0.545. The fourth-order valence-corrected chi connectivity index (χ4v) is 3.72. The van der Waals surface area contributed by atoms with Gasteiger partial charge in [0.25, 0.3) is 5.91 Å². The van der Waals surface area contributed by atoms with Crippen LogP contribution in [0.25, 0.3) is 0 Å². The molecule has 1 saturated heterocycles. The summed E-state index contributed by atoms with van der Waals surface area (Å²) in [6.07, 6.45) is 1.70. The van der Waals surface area contributed by atoms with Crippen molar-refractivity contribution in [2.75, 3.05) is 47.6 Å². The molecule has 174 valence electrons. The van der Waals surface area contributed by atoms with Gasteiger partial charge in [-0.15, -0.1) is 0 Å². The number of ether oxygens (including phenoxy) is 4. The number of aromatic hydroxyl groups is 1. The molecule has 0 saturated carbocycles. The Bertz CT molecular complexity index is 896. The molecule has 1 aliphatic heterocycles. The van der Waals surface area contributed by atoms with Crippen molar-refractivity contribution in [2.45, 2.75) is 25.5 Å². The summed E-state index contributed by atoms with van der Waals surface area (Å²) < 4.78 is 21.8. The van der Waals surface area contributed by atoms with E-state index in [1.54, 1.807) is 45.6 Å². The minimum absolute atomic E-state index is 0.0123. The zero-order valence-corrected chi connectivity index (χ0v) is 18.9. The fourth-order valence-electron chi connectivity index (χ4n) is 3.72. The van der Waals surface area contributed by atoms with Crippen molar-refractivity contribution in [1.82, 2.24) is 10.2 Å². The highest BCUT2D eigenvalue weighted by Crippen LogP contribution is 2.29. The molecule has 8 heteroatoms. The maximum Gasteiger partial charge on any atom is 0.255 e. The van der Waals surface area contributed by atoms with Crippen LogP contribution < -0.4 is 19.5 Å². The molecular formula is C24H32N2O6. The first-order chi connectivity index (χ1) is 15.5. The van der Waals surface area contributed by atoms with E-state index in [1.807, 2.05) is 12.1 Å². The molecule has 1 amide bonds. The van der Waals surface area contributed by atoms with Crippen molar-refractivity contribution in [1.29, 1.82) is 0 Å². The maximum absolute atomic E-state index is 12.6. The molecule has 3 rings (SSSR count). The molecule has 0 atom stereocenters. The van der Waals surface area contributed by atoms with E-state index in [2.05, 4.69) is 10.2 Å². The highest BCUT2D eigenvalue weighted by molar-refractivity contribution is 5.97. The third-order valence-electron chi connectivity index (χ3n) is 5.50. The van der Waals surface area contributed by atoms with Gasteiger partial charge >= 0.3 is 0 Å². The smallest absolute Gasteiger partial charge is 0.255 e. The largest absolute Gasteiger partial charge is 0.504 e. The van der Waals surface area contributed by atoms with Gasteiger partial charge in [0.15, 0.2) is 11.5 Å². The van der Waals surface area contributed by atoms with Gasteiger partial charge in [0.1, 0.15) is 17.6 Å². The molecule has 8 nitrogen and oxygen atoms in total. The molecule has 0 bridgehead atoms. The van der Waals surface area contributed by atoms with Crippen molar-refractivity contribution in [3.8, 4) is 23.0 Å². The number of amides is 1. The zero-order valence-electron chi connectivity index (χ0n) is 18.9. The van der Waals surface area contributed by atoms with E-state index < -0.39 is 0 Å². The van der Waals surface area contributed by atoms with Gasteiger partial charge in [-0.25, -0.2) is 0 Å². The van der Waals surface area contributed by atoms with E-state index in [9.17, 15) is 9.90 Å². The monoisotopic (exact) mass is 444 g/mol. The number of hydrogen-bond acceptors (Lipinski definition) is 7. The van der Waals surface area contributed by atoms with E-state index in [1.165, 1.54) is 0 Å². The molecule has 1 aliphatic rings. The molecule has 2 N–H and O–H groups in total. The van der Waals surface area contributed by atoms with Crippen LogP contribution in [0, 0.1) is 0 Å². The topological polar surface area (TPSA) is 89.5 Å². The Labute approximate surface area is 189 Å². The Morgan fingerprint density at radius 1 is 1.06 bits per heavy atom. The number of likely N-dealkylation sites (tertiary alicyclic amines) is 1. The highest BCUT2D eigenvalue weighted by Gasteiger charge is 2.23. The summed E-state index contributed by atoms with van der Waals surface area (Å²) in [6, 6.07) is 10.7. The average molecular weight is 445 g/mol. The minimum atomic E-state index is -0.196. The van der Waals surface area contributed by atoms with Crippen LogP contribution in [0.5, 0.6) is 23.0 Å². The lowest BCUT2D eigenvalue weighted by Crippen LogP contribution is -2.38. The van der Waals surface area contributed by atoms with Gasteiger partial charge in [-0.2, -0.15) is 0 Å². The summed E-state index contributed by atoms with van der Waals surface area (Å²) >= 11 is 0. The van der Waals surface area contributed by atoms with E-state index in [-0.39, 0.29) is 17.8 Å². The van der Waals surface area contributed by atoms with Crippen LogP contribution in [-0.2, 0) is 11.3 Å². The SMILES string of the molecule is COCCNC(=O)c1ccc(OC)cc1OC1CCN(Cc2ccc(O)c(OC)c2)CC1. The number of carbonyl (C=O) groups is 1. The molecule has 32 heavy (non-hydrogen) atoms. The molecule has 0 aliphatic carbocycles. The van der Waals surface area contributed by atoms with Crippen molar-refractivity contribution in [3.05, 3.63) is 47.5 Å². The van der Waals surface area contributed by atoms with Crippen LogP contribution in [0.4, 0.5) is 0 Å². The van der Waals surface area contributed by atoms with E-state index in [0.717, 1.165) is 38.0 Å². The Morgan fingerprint density at radius 3 is 2.53 bits per heavy atom. The van der Waals surface area contributed by atoms with Crippen LogP contribution in [0.2, 0.25) is 0 Å². The summed E-state index contributed by atoms with van der Waals surface area (Å²) in [7, 11) is 4.74. The molecule has 1 fully saturated rings. The van der Waals surface area contributed by atoms with Gasteiger partial charge in [-0.3, -0.25) is 9.69 Å². The van der Waals surface area contributed by atoms with Crippen molar-refractivity contribution in [2.24, 2.45) is 0 Å². The number of nitrogens with zero attached hydrogens (tertiary/aromatic N) is 1. The lowest BCUT2D eigenvalue weighted by atomic mass is 10.1. The number of phenolic OH excluding ortho intramolecular Hbond substituents is 1. The summed E-state index contributed by atoms with van der Waals surface area (Å²) in [4.78, 5) is 14.9. The minimum Gasteiger partial charge on any atom is -0.504 e. The standard InChI is InChI=1S/C24H32N2O6/c1-29-13-10-25-24(28)20-6-5-19(30-2)15-22(20)32-18-8-11-26(12-9-18)16-17-4-7-21(27)23(14-17)31-3/h4-7,14-15,18,27H,8-13,16H2,1-3H3,(H,25,28). The van der Waals surface area contributed by atoms with Crippen molar-refractivity contribution < 1.29 is 28.8 Å². The van der Waals surface area contributed by atoms with Crippen LogP contribution in [0.15, 0.2) is 36.4 Å². The van der Waals surface area contributed by atoms with Gasteiger partial charge in [0.05, 0.1) is 26.4 Å². The normalized spacial score (nSPS) is 14.7. The molecule has 0 unspecified atom stereocenters. The predicted octanol–water partition coefficient (Wildman–Crippen LogP) is 2.83. The third-order valence-corrected chi connectivity index (χ3v) is 5.50. The lowest BCUT2D eigenvalue weighted by molar-refractivity contribution is 0.0881. The van der Waals surface area contributed by atoms with Gasteiger partial charge in [-0.1, -0.05) is 6.07 Å². The number of hydrogen-bond donors (Lipinski definition) is 2. The number of benzene rings is 2. The zero-order chi connectivity index (χ0) is 22.9. The first kappa shape index (κ1) is 23.7. The van der Waals surface area contributed by atoms with E-state index in [0.29, 0.717) is 36.0 Å². The van der Waals surface area contributed by atoms with E-state index >= 15 is 0 Å². The number of nitrogens with one attached hydrogen (secondary N) is 1. The summed E-state index contributed by atoms with van der Waals surface area (Å²) in [6.45, 7) is 3.39. The summed E-state index contributed by atoms with van der Waals surface area (Å²) in [5, 5.41) is 12.6. The summed E-state index contributed by atoms with van der Waals surface area (Å²) in [5.41, 5.74) is 1.57. The number of methoxy groups -OCH3 is 3. The van der Waals surface area contributed by atoms with Crippen molar-refractivity contribution >= 4 is 5.91 Å². The Hall–Kier alpha value is -2.97. The summed E-state index contributed by atoms with van der Waals surface area (Å²) in [5.74, 6) is 1.60. The third kappa shape index (κ3) is 6.27. The maximum atomic E-state index is 12.6. The average Bonchev–Trinajstić information content (AvgIpc) is 2.81. The second kappa shape index (κ2) is 11.6. The first-order valence-corrected chi connectivity index (χ1v) is 10.7. The van der Waals surface area contributed by atoms with Crippen LogP contribution >= 0.6 is 0 Å². The second-order valence-electron chi connectivity index (χ2n) is 7.71. The van der Waals surface area contributed by atoms with Gasteiger partial charge in [0, 0.05) is 39.4 Å². The Morgan fingerprint density at radius 2 is 1.84 bits per heavy atom. The molecule has 1 heterocycles. The van der Waals surface area contributed by atoms with Crippen LogP contribution in [0.3, 0.4) is 0 Å². The van der Waals surface area contributed by atoms with Crippen molar-refractivity contribution in [3.63, 3.8) is 0 Å². The van der Waals surface area contributed by atoms with Crippen LogP contribution in [-0.4, -0.2) is 69.6 Å².